The Bertz CT molecular complexity index is 473. The van der Waals surface area contributed by atoms with Gasteiger partial charge in [-0.05, 0) is 31.5 Å². The van der Waals surface area contributed by atoms with Crippen molar-refractivity contribution < 1.29 is 9.59 Å². The second-order valence-corrected chi connectivity index (χ2v) is 5.06. The molecule has 0 fully saturated rings. The van der Waals surface area contributed by atoms with Gasteiger partial charge < -0.3 is 9.80 Å². The van der Waals surface area contributed by atoms with Crippen molar-refractivity contribution in [1.29, 1.82) is 0 Å². The van der Waals surface area contributed by atoms with Gasteiger partial charge in [0.05, 0.1) is 13.0 Å². The maximum atomic E-state index is 12.1. The zero-order chi connectivity index (χ0) is 15.1. The predicted octanol–water partition coefficient (Wildman–Crippen LogP) is 2.21. The van der Waals surface area contributed by atoms with Crippen LogP contribution in [0.25, 0.3) is 0 Å². The smallest absolute Gasteiger partial charge is 0.242 e. The quantitative estimate of drug-likeness (QED) is 0.807. The van der Waals surface area contributed by atoms with E-state index in [-0.39, 0.29) is 24.8 Å². The van der Waals surface area contributed by atoms with Gasteiger partial charge in [0.2, 0.25) is 11.8 Å². The van der Waals surface area contributed by atoms with Crippen LogP contribution in [-0.4, -0.2) is 48.3 Å². The number of hydrogen-bond acceptors (Lipinski definition) is 2. The number of amides is 2. The maximum absolute atomic E-state index is 12.1. The number of carbonyl (C=O) groups excluding carboxylic acids is 2. The van der Waals surface area contributed by atoms with Gasteiger partial charge in [-0.15, -0.1) is 0 Å². The molecule has 0 bridgehead atoms. The van der Waals surface area contributed by atoms with E-state index in [2.05, 4.69) is 0 Å². The second-order valence-electron chi connectivity index (χ2n) is 4.62. The highest BCUT2D eigenvalue weighted by Gasteiger charge is 2.16. The first kappa shape index (κ1) is 16.5. The number of halogens is 1. The lowest BCUT2D eigenvalue weighted by atomic mass is 10.1. The van der Waals surface area contributed by atoms with Crippen molar-refractivity contribution in [2.45, 2.75) is 20.3 Å². The molecule has 1 rings (SSSR count). The van der Waals surface area contributed by atoms with Crippen molar-refractivity contribution >= 4 is 23.4 Å². The third-order valence-electron chi connectivity index (χ3n) is 3.16. The van der Waals surface area contributed by atoms with E-state index in [1.54, 1.807) is 24.1 Å². The monoisotopic (exact) mass is 296 g/mol. The van der Waals surface area contributed by atoms with Crippen molar-refractivity contribution in [3.8, 4) is 0 Å². The zero-order valence-electron chi connectivity index (χ0n) is 12.2. The van der Waals surface area contributed by atoms with E-state index in [1.807, 2.05) is 26.0 Å². The van der Waals surface area contributed by atoms with Crippen LogP contribution in [0.2, 0.25) is 5.02 Å². The molecule has 0 saturated carbocycles. The zero-order valence-corrected chi connectivity index (χ0v) is 13.0. The summed E-state index contributed by atoms with van der Waals surface area (Å²) in [6, 6.07) is 7.19. The van der Waals surface area contributed by atoms with Gasteiger partial charge in [0.1, 0.15) is 0 Å². The van der Waals surface area contributed by atoms with E-state index < -0.39 is 0 Å². The summed E-state index contributed by atoms with van der Waals surface area (Å²) in [5, 5.41) is 0.608. The summed E-state index contributed by atoms with van der Waals surface area (Å²) in [4.78, 5) is 27.2. The summed E-state index contributed by atoms with van der Waals surface area (Å²) in [6.45, 7) is 5.28. The fraction of sp³-hybridized carbons (Fsp3) is 0.467. The van der Waals surface area contributed by atoms with Crippen LogP contribution < -0.4 is 0 Å². The lowest BCUT2D eigenvalue weighted by Crippen LogP contribution is -2.41. The largest absolute Gasteiger partial charge is 0.342 e. The Morgan fingerprint density at radius 2 is 1.80 bits per heavy atom. The van der Waals surface area contributed by atoms with E-state index in [0.29, 0.717) is 18.1 Å². The topological polar surface area (TPSA) is 40.6 Å². The molecule has 0 heterocycles. The van der Waals surface area contributed by atoms with Crippen LogP contribution in [-0.2, 0) is 16.0 Å². The molecular formula is C15H21ClN2O2. The van der Waals surface area contributed by atoms with E-state index in [1.165, 1.54) is 4.90 Å². The third kappa shape index (κ3) is 4.85. The molecule has 0 atom stereocenters. The van der Waals surface area contributed by atoms with Gasteiger partial charge in [0.25, 0.3) is 0 Å². The van der Waals surface area contributed by atoms with Crippen molar-refractivity contribution in [2.24, 2.45) is 0 Å². The molecule has 110 valence electrons. The first-order valence-corrected chi connectivity index (χ1v) is 7.11. The number of rotatable bonds is 6. The Hall–Kier alpha value is -1.55. The Balaban J connectivity index is 2.57. The molecule has 1 aromatic rings. The Morgan fingerprint density at radius 3 is 2.35 bits per heavy atom. The van der Waals surface area contributed by atoms with Gasteiger partial charge >= 0.3 is 0 Å². The molecule has 0 aliphatic heterocycles. The van der Waals surface area contributed by atoms with Gasteiger partial charge in [0.15, 0.2) is 0 Å². The third-order valence-corrected chi connectivity index (χ3v) is 3.39. The van der Waals surface area contributed by atoms with Crippen molar-refractivity contribution in [1.82, 2.24) is 9.80 Å². The summed E-state index contributed by atoms with van der Waals surface area (Å²) < 4.78 is 0. The number of carbonyl (C=O) groups is 2. The molecule has 2 amide bonds. The van der Waals surface area contributed by atoms with Crippen LogP contribution in [0.3, 0.4) is 0 Å². The molecule has 0 spiro atoms. The standard InChI is InChI=1S/C15H21ClN2O2/c1-4-18(5-2)15(20)11-17(3)14(19)10-12-7-6-8-13(16)9-12/h6-9H,4-5,10-11H2,1-3H3. The van der Waals surface area contributed by atoms with Crippen LogP contribution in [0.1, 0.15) is 19.4 Å². The van der Waals surface area contributed by atoms with Crippen LogP contribution >= 0.6 is 11.6 Å². The molecule has 0 N–H and O–H groups in total. The molecule has 1 aromatic carbocycles. The number of benzene rings is 1. The van der Waals surface area contributed by atoms with E-state index in [0.717, 1.165) is 5.56 Å². The van der Waals surface area contributed by atoms with E-state index in [9.17, 15) is 9.59 Å². The molecule has 20 heavy (non-hydrogen) atoms. The highest BCUT2D eigenvalue weighted by atomic mass is 35.5. The lowest BCUT2D eigenvalue weighted by Gasteiger charge is -2.23. The molecule has 0 aliphatic rings. The average molecular weight is 297 g/mol. The average Bonchev–Trinajstić information content (AvgIpc) is 2.40. The van der Waals surface area contributed by atoms with Crippen molar-refractivity contribution in [3.05, 3.63) is 34.9 Å². The van der Waals surface area contributed by atoms with Crippen LogP contribution in [0.15, 0.2) is 24.3 Å². The second kappa shape index (κ2) is 7.90. The predicted molar refractivity (Wildman–Crippen MR) is 80.7 cm³/mol. The molecule has 4 nitrogen and oxygen atoms in total. The SMILES string of the molecule is CCN(CC)C(=O)CN(C)C(=O)Cc1cccc(Cl)c1. The summed E-state index contributed by atoms with van der Waals surface area (Å²) in [5.41, 5.74) is 0.852. The first-order chi connectivity index (χ1) is 9.47. The van der Waals surface area contributed by atoms with Crippen LogP contribution in [0.5, 0.6) is 0 Å². The van der Waals surface area contributed by atoms with E-state index in [4.69, 9.17) is 11.6 Å². The minimum atomic E-state index is -0.0900. The molecule has 0 radical (unpaired) electrons. The summed E-state index contributed by atoms with van der Waals surface area (Å²) >= 11 is 5.89. The number of hydrogen-bond donors (Lipinski definition) is 0. The summed E-state index contributed by atoms with van der Waals surface area (Å²) in [5.74, 6) is -0.121. The highest BCUT2D eigenvalue weighted by Crippen LogP contribution is 2.11. The summed E-state index contributed by atoms with van der Waals surface area (Å²) in [7, 11) is 1.65. The fourth-order valence-electron chi connectivity index (χ4n) is 1.92. The molecule has 5 heteroatoms. The van der Waals surface area contributed by atoms with Gasteiger partial charge in [-0.1, -0.05) is 23.7 Å². The fourth-order valence-corrected chi connectivity index (χ4v) is 2.14. The number of likely N-dealkylation sites (N-methyl/N-ethyl adjacent to an activating group) is 2. The molecule has 0 unspecified atom stereocenters. The normalized spacial score (nSPS) is 10.2. The minimum absolute atomic E-state index is 0.0306. The van der Waals surface area contributed by atoms with E-state index >= 15 is 0 Å². The van der Waals surface area contributed by atoms with Crippen LogP contribution in [0, 0.1) is 0 Å². The molecule has 0 aromatic heterocycles. The van der Waals surface area contributed by atoms with Gasteiger partial charge in [-0.3, -0.25) is 9.59 Å². The number of nitrogens with zero attached hydrogens (tertiary/aromatic N) is 2. The van der Waals surface area contributed by atoms with Crippen molar-refractivity contribution in [2.75, 3.05) is 26.7 Å². The van der Waals surface area contributed by atoms with Gasteiger partial charge in [-0.2, -0.15) is 0 Å². The van der Waals surface area contributed by atoms with Gasteiger partial charge in [-0.25, -0.2) is 0 Å². The molecular weight excluding hydrogens is 276 g/mol. The Kier molecular flexibility index (Phi) is 6.52. The minimum Gasteiger partial charge on any atom is -0.342 e. The summed E-state index contributed by atoms with van der Waals surface area (Å²) in [6.07, 6.45) is 0.253. The molecule has 0 aliphatic carbocycles. The Labute approximate surface area is 125 Å². The van der Waals surface area contributed by atoms with Crippen LogP contribution in [0.4, 0.5) is 0 Å². The highest BCUT2D eigenvalue weighted by molar-refractivity contribution is 6.30. The maximum Gasteiger partial charge on any atom is 0.242 e. The molecule has 0 saturated heterocycles. The van der Waals surface area contributed by atoms with Crippen molar-refractivity contribution in [3.63, 3.8) is 0 Å². The lowest BCUT2D eigenvalue weighted by molar-refractivity contribution is -0.138. The Morgan fingerprint density at radius 1 is 1.15 bits per heavy atom. The first-order valence-electron chi connectivity index (χ1n) is 6.74. The van der Waals surface area contributed by atoms with Gasteiger partial charge in [0, 0.05) is 25.2 Å².